The summed E-state index contributed by atoms with van der Waals surface area (Å²) in [5, 5.41) is 8.28. The summed E-state index contributed by atoms with van der Waals surface area (Å²) in [7, 11) is 0. The average Bonchev–Trinajstić information content (AvgIpc) is 1.86. The van der Waals surface area contributed by atoms with E-state index in [0.717, 1.165) is 6.42 Å². The van der Waals surface area contributed by atoms with Gasteiger partial charge in [-0.15, -0.1) is 0 Å². The minimum atomic E-state index is -0.513. The Hall–Kier alpha value is -0.570. The van der Waals surface area contributed by atoms with Gasteiger partial charge in [-0.3, -0.25) is 4.79 Å². The fourth-order valence-electron chi connectivity index (χ4n) is 1.01. The first-order valence-corrected chi connectivity index (χ1v) is 3.85. The first-order chi connectivity index (χ1) is 5.07. The van der Waals surface area contributed by atoms with Crippen molar-refractivity contribution in [3.63, 3.8) is 0 Å². The number of carbonyl (C=O) groups excluding carboxylic acids is 1. The van der Waals surface area contributed by atoms with Crippen molar-refractivity contribution in [1.82, 2.24) is 0 Å². The van der Waals surface area contributed by atoms with Crippen molar-refractivity contribution in [2.24, 2.45) is 11.8 Å². The van der Waals surface area contributed by atoms with Crippen molar-refractivity contribution in [1.29, 1.82) is 0 Å². The molecule has 1 N–H and O–H groups in total. The highest BCUT2D eigenvalue weighted by Crippen LogP contribution is 2.11. The highest BCUT2D eigenvalue weighted by molar-refractivity contribution is 5.71. The third-order valence-corrected chi connectivity index (χ3v) is 1.43. The average molecular weight is 160 g/mol. The molecular weight excluding hydrogens is 144 g/mol. The lowest BCUT2D eigenvalue weighted by molar-refractivity contribution is -0.156. The van der Waals surface area contributed by atoms with Crippen LogP contribution >= 0.6 is 0 Å². The third kappa shape index (κ3) is 4.79. The molecule has 0 aromatic carbocycles. The molecule has 0 bridgehead atoms. The van der Waals surface area contributed by atoms with Gasteiger partial charge in [0.1, 0.15) is 0 Å². The molecule has 3 nitrogen and oxygen atoms in total. The molecule has 0 heterocycles. The quantitative estimate of drug-likeness (QED) is 0.496. The second-order valence-electron chi connectivity index (χ2n) is 3.12. The summed E-state index contributed by atoms with van der Waals surface area (Å²) in [6.45, 7) is 5.38. The number of carbonyl (C=O) groups is 1. The first-order valence-electron chi connectivity index (χ1n) is 3.85. The SMILES string of the molecule is CC(C)CC(C)C(=O)OCO. The van der Waals surface area contributed by atoms with Crippen LogP contribution in [0.4, 0.5) is 0 Å². The molecule has 0 radical (unpaired) electrons. The molecule has 1 atom stereocenters. The fourth-order valence-corrected chi connectivity index (χ4v) is 1.01. The molecule has 0 aromatic heterocycles. The van der Waals surface area contributed by atoms with Crippen molar-refractivity contribution in [3.8, 4) is 0 Å². The van der Waals surface area contributed by atoms with Gasteiger partial charge in [0.15, 0.2) is 6.79 Å². The summed E-state index contributed by atoms with van der Waals surface area (Å²) in [6, 6.07) is 0. The molecule has 0 aliphatic carbocycles. The van der Waals surface area contributed by atoms with Crippen LogP contribution in [0.5, 0.6) is 0 Å². The number of hydrogen-bond acceptors (Lipinski definition) is 3. The Morgan fingerprint density at radius 2 is 2.00 bits per heavy atom. The Kier molecular flexibility index (Phi) is 4.86. The van der Waals surface area contributed by atoms with Crippen LogP contribution in [0, 0.1) is 11.8 Å². The van der Waals surface area contributed by atoms with Crippen molar-refractivity contribution in [2.45, 2.75) is 27.2 Å². The number of aliphatic hydroxyl groups excluding tert-OH is 1. The molecule has 0 aromatic rings. The molecular formula is C8H16O3. The standard InChI is InChI=1S/C8H16O3/c1-6(2)4-7(3)8(10)11-5-9/h6-7,9H,4-5H2,1-3H3. The Bertz CT molecular complexity index is 121. The summed E-state index contributed by atoms with van der Waals surface area (Å²) >= 11 is 0. The molecule has 0 fully saturated rings. The van der Waals surface area contributed by atoms with Crippen LogP contribution in [0.15, 0.2) is 0 Å². The lowest BCUT2D eigenvalue weighted by Crippen LogP contribution is -2.16. The molecule has 0 saturated heterocycles. The van der Waals surface area contributed by atoms with E-state index in [1.165, 1.54) is 0 Å². The van der Waals surface area contributed by atoms with E-state index in [9.17, 15) is 4.79 Å². The van der Waals surface area contributed by atoms with Crippen LogP contribution in [-0.4, -0.2) is 17.9 Å². The number of aliphatic hydroxyl groups is 1. The van der Waals surface area contributed by atoms with Gasteiger partial charge in [0.2, 0.25) is 0 Å². The number of esters is 1. The Labute approximate surface area is 67.4 Å². The number of rotatable bonds is 4. The summed E-state index contributed by atoms with van der Waals surface area (Å²) in [6.07, 6.45) is 0.804. The van der Waals surface area contributed by atoms with Crippen molar-refractivity contribution < 1.29 is 14.6 Å². The smallest absolute Gasteiger partial charge is 0.310 e. The van der Waals surface area contributed by atoms with Gasteiger partial charge in [-0.25, -0.2) is 0 Å². The minimum Gasteiger partial charge on any atom is -0.438 e. The van der Waals surface area contributed by atoms with Crippen LogP contribution < -0.4 is 0 Å². The predicted octanol–water partition coefficient (Wildman–Crippen LogP) is 1.16. The van der Waals surface area contributed by atoms with Gasteiger partial charge in [-0.05, 0) is 12.3 Å². The highest BCUT2D eigenvalue weighted by atomic mass is 16.6. The van der Waals surface area contributed by atoms with Gasteiger partial charge in [-0.2, -0.15) is 0 Å². The highest BCUT2D eigenvalue weighted by Gasteiger charge is 2.14. The number of ether oxygens (including phenoxy) is 1. The van der Waals surface area contributed by atoms with Crippen molar-refractivity contribution in [3.05, 3.63) is 0 Å². The third-order valence-electron chi connectivity index (χ3n) is 1.43. The Morgan fingerprint density at radius 1 is 1.45 bits per heavy atom. The largest absolute Gasteiger partial charge is 0.438 e. The van der Waals surface area contributed by atoms with E-state index in [1.807, 2.05) is 13.8 Å². The van der Waals surface area contributed by atoms with Crippen molar-refractivity contribution in [2.75, 3.05) is 6.79 Å². The Balaban J connectivity index is 3.64. The maximum absolute atomic E-state index is 10.9. The molecule has 0 aliphatic rings. The fraction of sp³-hybridized carbons (Fsp3) is 0.875. The Morgan fingerprint density at radius 3 is 2.36 bits per heavy atom. The van der Waals surface area contributed by atoms with Gasteiger partial charge < -0.3 is 9.84 Å². The topological polar surface area (TPSA) is 46.5 Å². The van der Waals surface area contributed by atoms with Gasteiger partial charge in [0.05, 0.1) is 5.92 Å². The zero-order valence-electron chi connectivity index (χ0n) is 7.33. The molecule has 0 amide bonds. The normalized spacial score (nSPS) is 13.2. The maximum atomic E-state index is 10.9. The maximum Gasteiger partial charge on any atom is 0.310 e. The number of hydrogen-bond donors (Lipinski definition) is 1. The van der Waals surface area contributed by atoms with E-state index in [-0.39, 0.29) is 11.9 Å². The van der Waals surface area contributed by atoms with E-state index in [4.69, 9.17) is 5.11 Å². The molecule has 3 heteroatoms. The lowest BCUT2D eigenvalue weighted by atomic mass is 9.99. The molecule has 0 saturated carbocycles. The van der Waals surface area contributed by atoms with E-state index < -0.39 is 6.79 Å². The molecule has 1 unspecified atom stereocenters. The van der Waals surface area contributed by atoms with E-state index in [1.54, 1.807) is 6.92 Å². The van der Waals surface area contributed by atoms with Crippen LogP contribution in [0.1, 0.15) is 27.2 Å². The van der Waals surface area contributed by atoms with Crippen LogP contribution in [0.25, 0.3) is 0 Å². The molecule has 0 rings (SSSR count). The minimum absolute atomic E-state index is 0.109. The molecule has 0 spiro atoms. The van der Waals surface area contributed by atoms with E-state index >= 15 is 0 Å². The second-order valence-corrected chi connectivity index (χ2v) is 3.12. The van der Waals surface area contributed by atoms with Crippen LogP contribution in [0.3, 0.4) is 0 Å². The first kappa shape index (κ1) is 10.4. The van der Waals surface area contributed by atoms with Crippen LogP contribution in [-0.2, 0) is 9.53 Å². The van der Waals surface area contributed by atoms with Gasteiger partial charge in [0.25, 0.3) is 0 Å². The summed E-state index contributed by atoms with van der Waals surface area (Å²) in [4.78, 5) is 10.9. The summed E-state index contributed by atoms with van der Waals surface area (Å²) < 4.78 is 4.42. The van der Waals surface area contributed by atoms with E-state index in [0.29, 0.717) is 5.92 Å². The second kappa shape index (κ2) is 5.13. The van der Waals surface area contributed by atoms with Gasteiger partial charge in [0, 0.05) is 0 Å². The van der Waals surface area contributed by atoms with Gasteiger partial charge in [-0.1, -0.05) is 20.8 Å². The van der Waals surface area contributed by atoms with Crippen LogP contribution in [0.2, 0.25) is 0 Å². The van der Waals surface area contributed by atoms with Crippen molar-refractivity contribution >= 4 is 5.97 Å². The van der Waals surface area contributed by atoms with Gasteiger partial charge >= 0.3 is 5.97 Å². The zero-order chi connectivity index (χ0) is 8.85. The molecule has 66 valence electrons. The lowest BCUT2D eigenvalue weighted by Gasteiger charge is -2.11. The molecule has 11 heavy (non-hydrogen) atoms. The predicted molar refractivity (Wildman–Crippen MR) is 41.8 cm³/mol. The monoisotopic (exact) mass is 160 g/mol. The summed E-state index contributed by atoms with van der Waals surface area (Å²) in [5.41, 5.74) is 0. The zero-order valence-corrected chi connectivity index (χ0v) is 7.33. The molecule has 0 aliphatic heterocycles. The summed E-state index contributed by atoms with van der Waals surface area (Å²) in [5.74, 6) is 0.0552. The van der Waals surface area contributed by atoms with E-state index in [2.05, 4.69) is 4.74 Å².